The molecule has 0 saturated carbocycles. The highest BCUT2D eigenvalue weighted by atomic mass is 16.9. The summed E-state index contributed by atoms with van der Waals surface area (Å²) in [7, 11) is 0. The molecule has 29 heavy (non-hydrogen) atoms. The Morgan fingerprint density at radius 1 is 1.24 bits per heavy atom. The SMILES string of the molecule is CC(C)(CO[N+](=O)[O-])C(=O)NCCCNc1c2c(nc3ccccc13)CCCC2. The van der Waals surface area contributed by atoms with E-state index in [2.05, 4.69) is 21.5 Å². The van der Waals surface area contributed by atoms with Crippen LogP contribution >= 0.6 is 0 Å². The lowest BCUT2D eigenvalue weighted by Gasteiger charge is -2.23. The van der Waals surface area contributed by atoms with E-state index in [1.54, 1.807) is 13.8 Å². The molecule has 156 valence electrons. The van der Waals surface area contributed by atoms with Gasteiger partial charge in [-0.3, -0.25) is 9.78 Å². The Hall–Kier alpha value is -2.90. The maximum absolute atomic E-state index is 12.2. The Balaban J connectivity index is 1.57. The molecule has 8 heteroatoms. The van der Waals surface area contributed by atoms with Gasteiger partial charge in [-0.2, -0.15) is 0 Å². The Kier molecular flexibility index (Phi) is 6.51. The van der Waals surface area contributed by atoms with Crippen LogP contribution in [-0.4, -0.2) is 35.7 Å². The summed E-state index contributed by atoms with van der Waals surface area (Å²) in [5.74, 6) is -0.258. The number of nitrogens with one attached hydrogen (secondary N) is 2. The molecular formula is C21H28N4O4. The monoisotopic (exact) mass is 400 g/mol. The fourth-order valence-corrected chi connectivity index (χ4v) is 3.60. The van der Waals surface area contributed by atoms with Gasteiger partial charge >= 0.3 is 0 Å². The van der Waals surface area contributed by atoms with Crippen LogP contribution in [0.5, 0.6) is 0 Å². The van der Waals surface area contributed by atoms with Crippen LogP contribution in [0.15, 0.2) is 24.3 Å². The normalized spacial score (nSPS) is 13.6. The van der Waals surface area contributed by atoms with Crippen molar-refractivity contribution < 1.29 is 14.7 Å². The highest BCUT2D eigenvalue weighted by molar-refractivity contribution is 5.93. The molecule has 0 bridgehead atoms. The number of hydrogen-bond acceptors (Lipinski definition) is 6. The highest BCUT2D eigenvalue weighted by Gasteiger charge is 2.28. The number of rotatable bonds is 9. The molecule has 1 aromatic carbocycles. The second-order valence-electron chi connectivity index (χ2n) is 8.05. The van der Waals surface area contributed by atoms with E-state index < -0.39 is 10.5 Å². The van der Waals surface area contributed by atoms with Gasteiger partial charge in [-0.1, -0.05) is 18.2 Å². The van der Waals surface area contributed by atoms with Gasteiger partial charge in [0.15, 0.2) is 0 Å². The number of hydrogen-bond donors (Lipinski definition) is 2. The standard InChI is InChI=1S/C21H28N4O4/c1-21(2,14-29-25(27)28)20(26)23-13-7-12-22-19-15-8-3-5-10-17(15)24-18-11-6-4-9-16(18)19/h3,5,8,10H,4,6-7,9,11-14H2,1-2H3,(H,22,24)(H,23,26). The molecule has 3 rings (SSSR count). The van der Waals surface area contributed by atoms with Crippen LogP contribution in [0.25, 0.3) is 10.9 Å². The summed E-state index contributed by atoms with van der Waals surface area (Å²) in [4.78, 5) is 31.8. The molecule has 8 nitrogen and oxygen atoms in total. The first-order valence-corrected chi connectivity index (χ1v) is 10.1. The molecule has 1 aromatic heterocycles. The van der Waals surface area contributed by atoms with E-state index in [9.17, 15) is 14.9 Å². The highest BCUT2D eigenvalue weighted by Crippen LogP contribution is 2.33. The molecule has 0 unspecified atom stereocenters. The predicted octanol–water partition coefficient (Wildman–Crippen LogP) is 3.27. The summed E-state index contributed by atoms with van der Waals surface area (Å²) in [6.07, 6.45) is 5.16. The van der Waals surface area contributed by atoms with Gasteiger partial charge in [0.2, 0.25) is 5.91 Å². The summed E-state index contributed by atoms with van der Waals surface area (Å²) in [6, 6.07) is 8.18. The van der Waals surface area contributed by atoms with Crippen LogP contribution < -0.4 is 10.6 Å². The van der Waals surface area contributed by atoms with Crippen LogP contribution in [0.4, 0.5) is 5.69 Å². The quantitative estimate of drug-likeness (QED) is 0.380. The van der Waals surface area contributed by atoms with Gasteiger partial charge in [-0.15, -0.1) is 10.1 Å². The third-order valence-electron chi connectivity index (χ3n) is 5.26. The number of fused-ring (bicyclic) bond motifs is 2. The second-order valence-corrected chi connectivity index (χ2v) is 8.05. The van der Waals surface area contributed by atoms with Gasteiger partial charge in [-0.05, 0) is 57.6 Å². The average Bonchev–Trinajstić information content (AvgIpc) is 2.71. The fourth-order valence-electron chi connectivity index (χ4n) is 3.60. The van der Waals surface area contributed by atoms with E-state index in [0.29, 0.717) is 13.1 Å². The Labute approximate surface area is 170 Å². The zero-order chi connectivity index (χ0) is 20.9. The fraction of sp³-hybridized carbons (Fsp3) is 0.524. The van der Waals surface area contributed by atoms with Crippen LogP contribution in [0.3, 0.4) is 0 Å². The molecule has 0 radical (unpaired) electrons. The molecule has 1 amide bonds. The number of aromatic nitrogens is 1. The lowest BCUT2D eigenvalue weighted by molar-refractivity contribution is -0.760. The summed E-state index contributed by atoms with van der Waals surface area (Å²) in [6.45, 7) is 4.18. The first-order chi connectivity index (χ1) is 13.9. The Bertz CT molecular complexity index is 898. The van der Waals surface area contributed by atoms with Crippen molar-refractivity contribution in [2.45, 2.75) is 46.0 Å². The van der Waals surface area contributed by atoms with Gasteiger partial charge in [0.1, 0.15) is 6.61 Å². The van der Waals surface area contributed by atoms with E-state index in [-0.39, 0.29) is 12.5 Å². The van der Waals surface area contributed by atoms with Gasteiger partial charge in [0.25, 0.3) is 5.09 Å². The van der Waals surface area contributed by atoms with Crippen LogP contribution in [0.2, 0.25) is 0 Å². The number of anilines is 1. The van der Waals surface area contributed by atoms with Crippen molar-refractivity contribution in [3.8, 4) is 0 Å². The Morgan fingerprint density at radius 3 is 2.79 bits per heavy atom. The molecular weight excluding hydrogens is 372 g/mol. The van der Waals surface area contributed by atoms with Gasteiger partial charge in [0, 0.05) is 29.9 Å². The summed E-state index contributed by atoms with van der Waals surface area (Å²) in [5.41, 5.74) is 3.73. The zero-order valence-corrected chi connectivity index (χ0v) is 17.0. The summed E-state index contributed by atoms with van der Waals surface area (Å²) < 4.78 is 0. The minimum absolute atomic E-state index is 0.258. The Morgan fingerprint density at radius 2 is 2.00 bits per heavy atom. The van der Waals surface area contributed by atoms with Gasteiger partial charge in [0.05, 0.1) is 10.9 Å². The summed E-state index contributed by atoms with van der Waals surface area (Å²) >= 11 is 0. The van der Waals surface area contributed by atoms with Crippen molar-refractivity contribution in [2.24, 2.45) is 5.41 Å². The van der Waals surface area contributed by atoms with Crippen molar-refractivity contribution in [3.05, 3.63) is 45.6 Å². The first kappa shape index (κ1) is 20.8. The largest absolute Gasteiger partial charge is 0.384 e. The van der Waals surface area contributed by atoms with E-state index in [4.69, 9.17) is 4.98 Å². The number of pyridine rings is 1. The predicted molar refractivity (Wildman–Crippen MR) is 111 cm³/mol. The van der Waals surface area contributed by atoms with Crippen molar-refractivity contribution in [1.82, 2.24) is 10.3 Å². The number of nitrogens with zero attached hydrogens (tertiary/aromatic N) is 2. The third-order valence-corrected chi connectivity index (χ3v) is 5.26. The zero-order valence-electron chi connectivity index (χ0n) is 17.0. The van der Waals surface area contributed by atoms with Gasteiger partial charge in [-0.25, -0.2) is 0 Å². The molecule has 0 atom stereocenters. The number of benzene rings is 1. The number of carbonyl (C=O) groups excluding carboxylic acids is 1. The van der Waals surface area contributed by atoms with Crippen molar-refractivity contribution in [3.63, 3.8) is 0 Å². The molecule has 0 aliphatic heterocycles. The lowest BCUT2D eigenvalue weighted by Crippen LogP contribution is -2.41. The van der Waals surface area contributed by atoms with E-state index in [1.165, 1.54) is 24.1 Å². The minimum Gasteiger partial charge on any atom is -0.384 e. The van der Waals surface area contributed by atoms with Crippen LogP contribution in [0, 0.1) is 15.5 Å². The number of amides is 1. The van der Waals surface area contributed by atoms with Crippen molar-refractivity contribution in [1.29, 1.82) is 0 Å². The maximum atomic E-state index is 12.2. The topological polar surface area (TPSA) is 106 Å². The van der Waals surface area contributed by atoms with Crippen molar-refractivity contribution >= 4 is 22.5 Å². The minimum atomic E-state index is -0.957. The molecule has 1 aliphatic carbocycles. The van der Waals surface area contributed by atoms with Crippen LogP contribution in [-0.2, 0) is 22.5 Å². The van der Waals surface area contributed by atoms with Crippen LogP contribution in [0.1, 0.15) is 44.4 Å². The number of aryl methyl sites for hydroxylation is 1. The molecule has 1 heterocycles. The smallest absolute Gasteiger partial charge is 0.294 e. The van der Waals surface area contributed by atoms with E-state index >= 15 is 0 Å². The first-order valence-electron chi connectivity index (χ1n) is 10.1. The molecule has 2 N–H and O–H groups in total. The van der Waals surface area contributed by atoms with Gasteiger partial charge < -0.3 is 15.5 Å². The summed E-state index contributed by atoms with van der Waals surface area (Å²) in [5, 5.41) is 17.0. The molecule has 1 aliphatic rings. The molecule has 0 spiro atoms. The molecule has 2 aromatic rings. The van der Waals surface area contributed by atoms with E-state index in [1.807, 2.05) is 18.2 Å². The average molecular weight is 400 g/mol. The second kappa shape index (κ2) is 9.07. The third kappa shape index (κ3) is 5.13. The maximum Gasteiger partial charge on any atom is 0.294 e. The lowest BCUT2D eigenvalue weighted by atomic mass is 9.92. The van der Waals surface area contributed by atoms with Crippen molar-refractivity contribution in [2.75, 3.05) is 25.0 Å². The number of carbonyl (C=O) groups is 1. The molecule has 0 fully saturated rings. The number of para-hydroxylation sites is 1. The van der Waals surface area contributed by atoms with E-state index in [0.717, 1.165) is 35.9 Å². The molecule has 0 saturated heterocycles.